The molecule has 180 valence electrons. The summed E-state index contributed by atoms with van der Waals surface area (Å²) in [6.45, 7) is 0. The first-order chi connectivity index (χ1) is 16.9. The van der Waals surface area contributed by atoms with Gasteiger partial charge in [-0.3, -0.25) is 19.1 Å². The molecule has 1 N–H and O–H groups in total. The van der Waals surface area contributed by atoms with Crippen LogP contribution in [0, 0.1) is 17.5 Å². The van der Waals surface area contributed by atoms with Crippen molar-refractivity contribution in [3.05, 3.63) is 77.5 Å². The molecule has 2 aliphatic heterocycles. The van der Waals surface area contributed by atoms with Crippen molar-refractivity contribution in [3.63, 3.8) is 0 Å². The summed E-state index contributed by atoms with van der Waals surface area (Å²) in [5, 5.41) is 23.8. The van der Waals surface area contributed by atoms with Crippen molar-refractivity contribution in [2.45, 2.75) is 44.0 Å². The zero-order valence-corrected chi connectivity index (χ0v) is 18.8. The lowest BCUT2D eigenvalue weighted by atomic mass is 9.81. The smallest absolute Gasteiger partial charge is 0.194 e. The van der Waals surface area contributed by atoms with E-state index in [4.69, 9.17) is 5.10 Å². The van der Waals surface area contributed by atoms with Crippen LogP contribution in [0.4, 0.5) is 13.2 Å². The molecule has 1 saturated heterocycles. The fourth-order valence-corrected chi connectivity index (χ4v) is 5.54. The Bertz CT molecular complexity index is 1380. The van der Waals surface area contributed by atoms with Gasteiger partial charge >= 0.3 is 0 Å². The van der Waals surface area contributed by atoms with Crippen LogP contribution in [-0.2, 0) is 13.5 Å². The molecule has 1 aromatic carbocycles. The number of piperidine rings is 1. The van der Waals surface area contributed by atoms with E-state index in [1.807, 2.05) is 6.07 Å². The molecule has 0 radical (unpaired) electrons. The number of aliphatic hydroxyl groups excluding tert-OH is 1. The van der Waals surface area contributed by atoms with Crippen LogP contribution in [0.25, 0.3) is 16.9 Å². The zero-order valence-electron chi connectivity index (χ0n) is 18.8. The third kappa shape index (κ3) is 3.53. The number of benzene rings is 1. The summed E-state index contributed by atoms with van der Waals surface area (Å²) in [5.41, 5.74) is 3.83. The predicted molar refractivity (Wildman–Crippen MR) is 119 cm³/mol. The molecule has 1 fully saturated rings. The van der Waals surface area contributed by atoms with Crippen LogP contribution < -0.4 is 0 Å². The monoisotopic (exact) mass is 481 g/mol. The average Bonchev–Trinajstić information content (AvgIpc) is 3.50. The topological polar surface area (TPSA) is 84.9 Å². The first-order valence-corrected chi connectivity index (χ1v) is 11.4. The molecule has 2 aliphatic rings. The average molecular weight is 481 g/mol. The van der Waals surface area contributed by atoms with Crippen molar-refractivity contribution < 1.29 is 18.3 Å². The minimum atomic E-state index is -1.49. The van der Waals surface area contributed by atoms with Crippen LogP contribution in [0.15, 0.2) is 43.2 Å². The number of aromatic nitrogens is 6. The Morgan fingerprint density at radius 2 is 1.77 bits per heavy atom. The molecular formula is C24H22F3N7O. The summed E-state index contributed by atoms with van der Waals surface area (Å²) in [4.78, 5) is 6.35. The number of fused-ring (bicyclic) bond motifs is 4. The number of aryl methyl sites for hydroxylation is 1. The maximum atomic E-state index is 14.0. The van der Waals surface area contributed by atoms with Crippen molar-refractivity contribution in [2.75, 3.05) is 0 Å². The molecule has 6 rings (SSSR count). The Morgan fingerprint density at radius 3 is 2.51 bits per heavy atom. The maximum absolute atomic E-state index is 14.0. The van der Waals surface area contributed by atoms with Gasteiger partial charge in [0, 0.05) is 36.0 Å². The van der Waals surface area contributed by atoms with Gasteiger partial charge in [-0.05, 0) is 43.9 Å². The summed E-state index contributed by atoms with van der Waals surface area (Å²) < 4.78 is 44.9. The van der Waals surface area contributed by atoms with Crippen LogP contribution in [-0.4, -0.2) is 45.6 Å². The van der Waals surface area contributed by atoms with Gasteiger partial charge in [-0.25, -0.2) is 13.2 Å². The van der Waals surface area contributed by atoms with Crippen LogP contribution in [0.3, 0.4) is 0 Å². The molecular weight excluding hydrogens is 459 g/mol. The van der Waals surface area contributed by atoms with E-state index in [-0.39, 0.29) is 17.6 Å². The second kappa shape index (κ2) is 8.28. The second-order valence-corrected chi connectivity index (χ2v) is 9.06. The molecule has 5 heterocycles. The molecule has 8 nitrogen and oxygen atoms in total. The van der Waals surface area contributed by atoms with Gasteiger partial charge < -0.3 is 5.11 Å². The van der Waals surface area contributed by atoms with E-state index in [1.54, 1.807) is 41.3 Å². The number of rotatable bonds is 4. The van der Waals surface area contributed by atoms with E-state index >= 15 is 0 Å². The van der Waals surface area contributed by atoms with Gasteiger partial charge in [-0.15, -0.1) is 10.2 Å². The number of pyridine rings is 1. The number of hydrogen-bond donors (Lipinski definition) is 1. The van der Waals surface area contributed by atoms with Gasteiger partial charge in [-0.2, -0.15) is 5.10 Å². The molecule has 0 spiro atoms. The summed E-state index contributed by atoms with van der Waals surface area (Å²) in [6, 6.07) is 3.68. The summed E-state index contributed by atoms with van der Waals surface area (Å²) in [5.74, 6) is -3.95. The molecule has 35 heavy (non-hydrogen) atoms. The van der Waals surface area contributed by atoms with Crippen LogP contribution in [0.2, 0.25) is 0 Å². The molecule has 4 aromatic rings. The van der Waals surface area contributed by atoms with Gasteiger partial charge in [0.15, 0.2) is 17.5 Å². The largest absolute Gasteiger partial charge is 0.374 e. The molecule has 0 saturated carbocycles. The van der Waals surface area contributed by atoms with Crippen LogP contribution >= 0.6 is 0 Å². The molecule has 0 amide bonds. The van der Waals surface area contributed by atoms with Crippen LogP contribution in [0.1, 0.15) is 48.4 Å². The molecule has 0 aliphatic carbocycles. The third-order valence-electron chi connectivity index (χ3n) is 7.03. The molecule has 3 aromatic heterocycles. The fourth-order valence-electron chi connectivity index (χ4n) is 5.54. The van der Waals surface area contributed by atoms with E-state index in [9.17, 15) is 18.3 Å². The number of hydrogen-bond acceptors (Lipinski definition) is 6. The Balaban J connectivity index is 1.39. The minimum absolute atomic E-state index is 0.00656. The number of aliphatic hydroxyl groups is 1. The lowest BCUT2D eigenvalue weighted by Crippen LogP contribution is -2.48. The summed E-state index contributed by atoms with van der Waals surface area (Å²) in [6.07, 6.45) is 8.66. The lowest BCUT2D eigenvalue weighted by Gasteiger charge is -2.47. The van der Waals surface area contributed by atoms with Crippen molar-refractivity contribution in [3.8, 4) is 16.9 Å². The summed E-state index contributed by atoms with van der Waals surface area (Å²) in [7, 11) is 1.71. The SMILES string of the molecule is Cn1nc2c(c1-c1cc(F)c(F)c(F)c1)C[C@@H]1CCC[C@H]2N1C(O)c1cncc(-n2cnnc2)c1. The van der Waals surface area contributed by atoms with Crippen molar-refractivity contribution in [1.82, 2.24) is 34.4 Å². The van der Waals surface area contributed by atoms with E-state index in [1.165, 1.54) is 0 Å². The van der Waals surface area contributed by atoms with Crippen molar-refractivity contribution in [1.29, 1.82) is 0 Å². The maximum Gasteiger partial charge on any atom is 0.194 e. The quantitative estimate of drug-likeness (QED) is 0.448. The Kier molecular flexibility index (Phi) is 5.19. The fraction of sp³-hybridized carbons (Fsp3) is 0.333. The van der Waals surface area contributed by atoms with E-state index in [0.717, 1.165) is 48.3 Å². The van der Waals surface area contributed by atoms with Crippen molar-refractivity contribution >= 4 is 0 Å². The highest BCUT2D eigenvalue weighted by atomic mass is 19.2. The van der Waals surface area contributed by atoms with Gasteiger partial charge in [0.25, 0.3) is 0 Å². The van der Waals surface area contributed by atoms with E-state index in [0.29, 0.717) is 17.7 Å². The Morgan fingerprint density at radius 1 is 1.03 bits per heavy atom. The van der Waals surface area contributed by atoms with E-state index in [2.05, 4.69) is 20.1 Å². The first-order valence-electron chi connectivity index (χ1n) is 11.4. The van der Waals surface area contributed by atoms with Crippen molar-refractivity contribution in [2.24, 2.45) is 7.05 Å². The van der Waals surface area contributed by atoms with Gasteiger partial charge in [0.2, 0.25) is 0 Å². The number of halogens is 3. The van der Waals surface area contributed by atoms with Gasteiger partial charge in [0.05, 0.1) is 29.3 Å². The van der Waals surface area contributed by atoms with E-state index < -0.39 is 23.7 Å². The predicted octanol–water partition coefficient (Wildman–Crippen LogP) is 3.62. The first kappa shape index (κ1) is 21.9. The lowest BCUT2D eigenvalue weighted by molar-refractivity contribution is -0.0849. The normalized spacial score (nSPS) is 20.6. The van der Waals surface area contributed by atoms with Crippen LogP contribution in [0.5, 0.6) is 0 Å². The molecule has 1 unspecified atom stereocenters. The Labute approximate surface area is 198 Å². The standard InChI is InChI=1S/C24H22F3N7O/c1-32-23(13-6-18(25)21(27)19(26)7-13)17-8-15-3-2-4-20(22(17)31-32)34(15)24(35)14-5-16(10-28-9-14)33-11-29-30-12-33/h5-7,9-12,15,20,24,35H,2-4,8H2,1H3/t15-,20+,24?/m0/s1. The highest BCUT2D eigenvalue weighted by Gasteiger charge is 2.44. The number of nitrogens with zero attached hydrogens (tertiary/aromatic N) is 7. The highest BCUT2D eigenvalue weighted by molar-refractivity contribution is 5.66. The summed E-state index contributed by atoms with van der Waals surface area (Å²) >= 11 is 0. The highest BCUT2D eigenvalue weighted by Crippen LogP contribution is 2.47. The Hall–Kier alpha value is -3.57. The molecule has 3 atom stereocenters. The third-order valence-corrected chi connectivity index (χ3v) is 7.03. The minimum Gasteiger partial charge on any atom is -0.374 e. The van der Waals surface area contributed by atoms with Gasteiger partial charge in [-0.1, -0.05) is 0 Å². The van der Waals surface area contributed by atoms with Gasteiger partial charge in [0.1, 0.15) is 18.9 Å². The zero-order chi connectivity index (χ0) is 24.3. The molecule has 11 heteroatoms. The second-order valence-electron chi connectivity index (χ2n) is 9.06. The molecule has 2 bridgehead atoms.